The molecule has 0 bridgehead atoms. The van der Waals surface area contributed by atoms with Crippen LogP contribution in [-0.2, 0) is 6.42 Å². The summed E-state index contributed by atoms with van der Waals surface area (Å²) < 4.78 is 12.0. The Balaban J connectivity index is 1.48. The number of fused-ring (bicyclic) bond motifs is 1. The van der Waals surface area contributed by atoms with Gasteiger partial charge in [0.25, 0.3) is 11.8 Å². The molecule has 1 fully saturated rings. The number of aromatic nitrogens is 3. The van der Waals surface area contributed by atoms with E-state index in [1.807, 2.05) is 6.33 Å². The van der Waals surface area contributed by atoms with Crippen LogP contribution in [0.15, 0.2) is 35.2 Å². The predicted octanol–water partition coefficient (Wildman–Crippen LogP) is 2.13. The first-order valence-electron chi connectivity index (χ1n) is 7.95. The van der Waals surface area contributed by atoms with E-state index in [0.29, 0.717) is 19.0 Å². The Labute approximate surface area is 138 Å². The van der Waals surface area contributed by atoms with E-state index in [1.54, 1.807) is 4.90 Å². The summed E-state index contributed by atoms with van der Waals surface area (Å²) >= 11 is 0. The van der Waals surface area contributed by atoms with Crippen molar-refractivity contribution >= 4 is 11.4 Å². The van der Waals surface area contributed by atoms with Gasteiger partial charge in [0.2, 0.25) is 5.76 Å². The average Bonchev–Trinajstić information content (AvgIpc) is 3.20. The van der Waals surface area contributed by atoms with Crippen molar-refractivity contribution in [2.75, 3.05) is 20.2 Å². The third-order valence-electron chi connectivity index (χ3n) is 4.49. The van der Waals surface area contributed by atoms with E-state index in [1.165, 1.54) is 18.7 Å². The zero-order valence-electron chi connectivity index (χ0n) is 13.6. The topological polar surface area (TPSA) is 72.9 Å². The minimum atomic E-state index is -0.168. The Kier molecular flexibility index (Phi) is 3.48. The SMILES string of the molecule is CCc1ccc2c(C3CN(C(=O)c4cc(OC)no4)C3)ncn2c1. The van der Waals surface area contributed by atoms with Gasteiger partial charge in [0.15, 0.2) is 0 Å². The molecule has 0 atom stereocenters. The number of nitrogens with zero attached hydrogens (tertiary/aromatic N) is 4. The molecule has 0 N–H and O–H groups in total. The summed E-state index contributed by atoms with van der Waals surface area (Å²) in [5, 5.41) is 3.66. The van der Waals surface area contributed by atoms with E-state index in [-0.39, 0.29) is 17.6 Å². The Morgan fingerprint density at radius 2 is 2.25 bits per heavy atom. The zero-order valence-corrected chi connectivity index (χ0v) is 13.6. The van der Waals surface area contributed by atoms with Gasteiger partial charge < -0.3 is 18.6 Å². The smallest absolute Gasteiger partial charge is 0.292 e. The van der Waals surface area contributed by atoms with Crippen molar-refractivity contribution in [3.63, 3.8) is 0 Å². The van der Waals surface area contributed by atoms with Crippen molar-refractivity contribution in [1.29, 1.82) is 0 Å². The molecule has 4 heterocycles. The van der Waals surface area contributed by atoms with Gasteiger partial charge in [-0.25, -0.2) is 4.98 Å². The zero-order chi connectivity index (χ0) is 16.7. The Hall–Kier alpha value is -2.83. The summed E-state index contributed by atoms with van der Waals surface area (Å²) in [6, 6.07) is 5.74. The lowest BCUT2D eigenvalue weighted by atomic mass is 9.95. The molecule has 0 unspecified atom stereocenters. The number of likely N-dealkylation sites (tertiary alicyclic amines) is 1. The lowest BCUT2D eigenvalue weighted by molar-refractivity contribution is 0.0557. The fourth-order valence-corrected chi connectivity index (χ4v) is 3.02. The van der Waals surface area contributed by atoms with Crippen LogP contribution >= 0.6 is 0 Å². The van der Waals surface area contributed by atoms with Crippen LogP contribution in [0, 0.1) is 0 Å². The molecule has 0 radical (unpaired) electrons. The molecule has 0 aliphatic carbocycles. The van der Waals surface area contributed by atoms with Crippen molar-refractivity contribution in [3.8, 4) is 5.88 Å². The minimum absolute atomic E-state index is 0.168. The quantitative estimate of drug-likeness (QED) is 0.734. The van der Waals surface area contributed by atoms with Crippen LogP contribution < -0.4 is 4.74 Å². The van der Waals surface area contributed by atoms with Crippen molar-refractivity contribution in [3.05, 3.63) is 47.7 Å². The molecule has 0 aromatic carbocycles. The first-order chi connectivity index (χ1) is 11.7. The highest BCUT2D eigenvalue weighted by atomic mass is 16.5. The van der Waals surface area contributed by atoms with Gasteiger partial charge in [-0.05, 0) is 23.2 Å². The van der Waals surface area contributed by atoms with Gasteiger partial charge in [0.1, 0.15) is 0 Å². The van der Waals surface area contributed by atoms with Crippen LogP contribution in [0.3, 0.4) is 0 Å². The first kappa shape index (κ1) is 14.7. The molecule has 24 heavy (non-hydrogen) atoms. The van der Waals surface area contributed by atoms with Gasteiger partial charge in [-0.2, -0.15) is 0 Å². The second-order valence-electron chi connectivity index (χ2n) is 5.95. The molecular formula is C17H18N4O3. The molecule has 1 aliphatic rings. The number of rotatable bonds is 4. The monoisotopic (exact) mass is 326 g/mol. The number of methoxy groups -OCH3 is 1. The highest BCUT2D eigenvalue weighted by Crippen LogP contribution is 2.30. The molecule has 3 aromatic rings. The van der Waals surface area contributed by atoms with E-state index >= 15 is 0 Å². The highest BCUT2D eigenvalue weighted by Gasteiger charge is 2.36. The Morgan fingerprint density at radius 1 is 1.42 bits per heavy atom. The molecule has 3 aromatic heterocycles. The standard InChI is InChI=1S/C17H18N4O3/c1-3-11-4-5-13-16(18-10-21(13)7-11)12-8-20(9-12)17(22)14-6-15(23-2)19-24-14/h4-7,10,12H,3,8-9H2,1-2H3. The average molecular weight is 326 g/mol. The number of amides is 1. The van der Waals surface area contributed by atoms with E-state index in [2.05, 4.69) is 39.8 Å². The predicted molar refractivity (Wildman–Crippen MR) is 86.3 cm³/mol. The summed E-state index contributed by atoms with van der Waals surface area (Å²) in [5.74, 6) is 0.588. The molecule has 0 spiro atoms. The maximum atomic E-state index is 12.3. The Morgan fingerprint density at radius 3 is 2.96 bits per heavy atom. The number of ether oxygens (including phenoxy) is 1. The second kappa shape index (κ2) is 5.67. The summed E-state index contributed by atoms with van der Waals surface area (Å²) in [7, 11) is 1.49. The Bertz CT molecular complexity index is 892. The summed E-state index contributed by atoms with van der Waals surface area (Å²) in [5.41, 5.74) is 3.42. The van der Waals surface area contributed by atoms with Crippen LogP contribution in [0.4, 0.5) is 0 Å². The van der Waals surface area contributed by atoms with Gasteiger partial charge in [0.05, 0.1) is 30.7 Å². The lowest BCUT2D eigenvalue weighted by Crippen LogP contribution is -2.48. The highest BCUT2D eigenvalue weighted by molar-refractivity contribution is 5.92. The number of hydrogen-bond acceptors (Lipinski definition) is 5. The number of pyridine rings is 1. The lowest BCUT2D eigenvalue weighted by Gasteiger charge is -2.37. The van der Waals surface area contributed by atoms with E-state index < -0.39 is 0 Å². The third-order valence-corrected chi connectivity index (χ3v) is 4.49. The number of aryl methyl sites for hydroxylation is 1. The molecule has 1 saturated heterocycles. The number of carbonyl (C=O) groups excluding carboxylic acids is 1. The summed E-state index contributed by atoms with van der Waals surface area (Å²) in [4.78, 5) is 18.6. The number of imidazole rings is 1. The van der Waals surface area contributed by atoms with Gasteiger partial charge in [-0.3, -0.25) is 4.79 Å². The molecule has 1 aliphatic heterocycles. The van der Waals surface area contributed by atoms with Gasteiger partial charge in [0, 0.05) is 25.2 Å². The van der Waals surface area contributed by atoms with Crippen molar-refractivity contribution in [2.24, 2.45) is 0 Å². The van der Waals surface area contributed by atoms with Gasteiger partial charge in [-0.15, -0.1) is 0 Å². The van der Waals surface area contributed by atoms with Gasteiger partial charge >= 0.3 is 0 Å². The van der Waals surface area contributed by atoms with E-state index in [9.17, 15) is 4.79 Å². The molecule has 7 heteroatoms. The van der Waals surface area contributed by atoms with Crippen LogP contribution in [0.25, 0.3) is 5.52 Å². The van der Waals surface area contributed by atoms with Crippen molar-refractivity contribution < 1.29 is 14.1 Å². The van der Waals surface area contributed by atoms with Crippen LogP contribution in [0.5, 0.6) is 5.88 Å². The second-order valence-corrected chi connectivity index (χ2v) is 5.95. The van der Waals surface area contributed by atoms with Crippen molar-refractivity contribution in [2.45, 2.75) is 19.3 Å². The number of carbonyl (C=O) groups is 1. The van der Waals surface area contributed by atoms with Crippen molar-refractivity contribution in [1.82, 2.24) is 19.4 Å². The van der Waals surface area contributed by atoms with Crippen LogP contribution in [0.1, 0.15) is 34.7 Å². The summed E-state index contributed by atoms with van der Waals surface area (Å²) in [6.45, 7) is 3.39. The molecular weight excluding hydrogens is 308 g/mol. The van der Waals surface area contributed by atoms with Crippen LogP contribution in [0.2, 0.25) is 0 Å². The molecule has 7 nitrogen and oxygen atoms in total. The van der Waals surface area contributed by atoms with E-state index in [0.717, 1.165) is 17.6 Å². The summed E-state index contributed by atoms with van der Waals surface area (Å²) in [6.07, 6.45) is 4.94. The fraction of sp³-hybridized carbons (Fsp3) is 0.353. The van der Waals surface area contributed by atoms with E-state index in [4.69, 9.17) is 9.26 Å². The molecule has 0 saturated carbocycles. The fourth-order valence-electron chi connectivity index (χ4n) is 3.02. The molecule has 4 rings (SSSR count). The number of hydrogen-bond donors (Lipinski definition) is 0. The maximum absolute atomic E-state index is 12.3. The molecule has 1 amide bonds. The van der Waals surface area contributed by atoms with Crippen LogP contribution in [-0.4, -0.2) is 45.5 Å². The van der Waals surface area contributed by atoms with Gasteiger partial charge in [-0.1, -0.05) is 13.0 Å². The maximum Gasteiger partial charge on any atom is 0.292 e. The third kappa shape index (κ3) is 2.33. The molecule has 124 valence electrons. The minimum Gasteiger partial charge on any atom is -0.479 e. The first-order valence-corrected chi connectivity index (χ1v) is 7.95. The normalized spacial score (nSPS) is 14.8. The largest absolute Gasteiger partial charge is 0.479 e.